The van der Waals surface area contributed by atoms with E-state index in [0.717, 1.165) is 10.1 Å². The van der Waals surface area contributed by atoms with Gasteiger partial charge < -0.3 is 5.11 Å². The van der Waals surface area contributed by atoms with E-state index < -0.39 is 0 Å². The maximum atomic E-state index is 9.03. The predicted molar refractivity (Wildman–Crippen MR) is 57.5 cm³/mol. The van der Waals surface area contributed by atoms with Crippen LogP contribution >= 0.6 is 22.9 Å². The number of aliphatic hydroxyl groups is 1. The Balaban J connectivity index is 2.87. The van der Waals surface area contributed by atoms with Crippen molar-refractivity contribution in [3.05, 3.63) is 33.7 Å². The summed E-state index contributed by atoms with van der Waals surface area (Å²) in [5.41, 5.74) is 0.559. The molecule has 0 spiro atoms. The fourth-order valence-corrected chi connectivity index (χ4v) is 2.77. The summed E-state index contributed by atoms with van der Waals surface area (Å²) in [5.74, 6) is 0. The molecule has 2 rings (SSSR count). The minimum atomic E-state index is -0.0803. The molecule has 0 fully saturated rings. The second kappa shape index (κ2) is 3.58. The standard InChI is InChI=1S/C10H6ClNOS/c11-10-8(5-13)14-7-3-1-2-6(4-12)9(7)10/h1-3,13H,5H2. The van der Waals surface area contributed by atoms with Gasteiger partial charge in [-0.25, -0.2) is 0 Å². The van der Waals surface area contributed by atoms with Gasteiger partial charge in [0.05, 0.1) is 23.3 Å². The van der Waals surface area contributed by atoms with Crippen molar-refractivity contribution in [1.29, 1.82) is 5.26 Å². The topological polar surface area (TPSA) is 44.0 Å². The molecule has 0 amide bonds. The van der Waals surface area contributed by atoms with Gasteiger partial charge in [-0.3, -0.25) is 0 Å². The van der Waals surface area contributed by atoms with Crippen LogP contribution in [-0.2, 0) is 6.61 Å². The third-order valence-corrected chi connectivity index (χ3v) is 3.66. The average molecular weight is 224 g/mol. The lowest BCUT2D eigenvalue weighted by Gasteiger charge is -1.93. The summed E-state index contributed by atoms with van der Waals surface area (Å²) in [6.45, 7) is -0.0803. The third-order valence-electron chi connectivity index (χ3n) is 1.99. The van der Waals surface area contributed by atoms with E-state index in [1.807, 2.05) is 12.1 Å². The highest BCUT2D eigenvalue weighted by Gasteiger charge is 2.12. The molecule has 4 heteroatoms. The number of halogens is 1. The van der Waals surface area contributed by atoms with Gasteiger partial charge in [-0.1, -0.05) is 17.7 Å². The predicted octanol–water partition coefficient (Wildman–Crippen LogP) is 2.92. The molecular formula is C10H6ClNOS. The molecule has 0 aliphatic rings. The Kier molecular flexibility index (Phi) is 2.42. The molecule has 14 heavy (non-hydrogen) atoms. The number of benzene rings is 1. The zero-order chi connectivity index (χ0) is 10.1. The number of nitrogens with zero attached hydrogens (tertiary/aromatic N) is 1. The molecule has 0 unspecified atom stereocenters. The maximum Gasteiger partial charge on any atom is 0.0999 e. The monoisotopic (exact) mass is 223 g/mol. The van der Waals surface area contributed by atoms with Crippen molar-refractivity contribution in [3.63, 3.8) is 0 Å². The first kappa shape index (κ1) is 9.47. The Hall–Kier alpha value is -1.08. The summed E-state index contributed by atoms with van der Waals surface area (Å²) < 4.78 is 0.943. The normalized spacial score (nSPS) is 10.4. The van der Waals surface area contributed by atoms with Crippen molar-refractivity contribution < 1.29 is 5.11 Å². The van der Waals surface area contributed by atoms with Gasteiger partial charge in [-0.2, -0.15) is 5.26 Å². The summed E-state index contributed by atoms with van der Waals surface area (Å²) in [6, 6.07) is 7.52. The summed E-state index contributed by atoms with van der Waals surface area (Å²) >= 11 is 7.46. The number of hydrogen-bond donors (Lipinski definition) is 1. The molecule has 70 valence electrons. The fraction of sp³-hybridized carbons (Fsp3) is 0.100. The Bertz CT molecular complexity index is 527. The van der Waals surface area contributed by atoms with Crippen molar-refractivity contribution in [2.75, 3.05) is 0 Å². The van der Waals surface area contributed by atoms with Crippen molar-refractivity contribution in [2.24, 2.45) is 0 Å². The molecule has 0 radical (unpaired) electrons. The number of rotatable bonds is 1. The molecule has 0 aliphatic heterocycles. The van der Waals surface area contributed by atoms with Crippen molar-refractivity contribution >= 4 is 33.0 Å². The first-order valence-electron chi connectivity index (χ1n) is 3.98. The first-order valence-corrected chi connectivity index (χ1v) is 5.18. The van der Waals surface area contributed by atoms with Crippen LogP contribution in [0.4, 0.5) is 0 Å². The van der Waals surface area contributed by atoms with Crippen molar-refractivity contribution in [1.82, 2.24) is 0 Å². The second-order valence-electron chi connectivity index (χ2n) is 2.79. The van der Waals surface area contributed by atoms with E-state index in [2.05, 4.69) is 6.07 Å². The minimum Gasteiger partial charge on any atom is -0.391 e. The SMILES string of the molecule is N#Cc1cccc2sc(CO)c(Cl)c12. The number of fused-ring (bicyclic) bond motifs is 1. The van der Waals surface area contributed by atoms with Crippen LogP contribution in [0.3, 0.4) is 0 Å². The van der Waals surface area contributed by atoms with Gasteiger partial charge in [0, 0.05) is 15.0 Å². The van der Waals surface area contributed by atoms with Gasteiger partial charge >= 0.3 is 0 Å². The third kappa shape index (κ3) is 1.28. The molecule has 0 aliphatic carbocycles. The Morgan fingerprint density at radius 3 is 2.93 bits per heavy atom. The van der Waals surface area contributed by atoms with Gasteiger partial charge in [0.25, 0.3) is 0 Å². The van der Waals surface area contributed by atoms with Gasteiger partial charge in [0.2, 0.25) is 0 Å². The smallest absolute Gasteiger partial charge is 0.0999 e. The van der Waals surface area contributed by atoms with Crippen LogP contribution in [0.15, 0.2) is 18.2 Å². The van der Waals surface area contributed by atoms with Crippen LogP contribution in [0.2, 0.25) is 5.02 Å². The van der Waals surface area contributed by atoms with E-state index in [1.165, 1.54) is 11.3 Å². The van der Waals surface area contributed by atoms with E-state index in [9.17, 15) is 0 Å². The van der Waals surface area contributed by atoms with Crippen LogP contribution in [-0.4, -0.2) is 5.11 Å². The summed E-state index contributed by atoms with van der Waals surface area (Å²) in [5, 5.41) is 19.2. The molecule has 0 atom stereocenters. The zero-order valence-corrected chi connectivity index (χ0v) is 8.69. The molecule has 0 saturated carbocycles. The highest BCUT2D eigenvalue weighted by atomic mass is 35.5. The van der Waals surface area contributed by atoms with E-state index in [0.29, 0.717) is 15.5 Å². The Morgan fingerprint density at radius 2 is 2.29 bits per heavy atom. The molecule has 1 heterocycles. The quantitative estimate of drug-likeness (QED) is 0.808. The number of aliphatic hydroxyl groups excluding tert-OH is 1. The van der Waals surface area contributed by atoms with E-state index in [-0.39, 0.29) is 6.61 Å². The highest BCUT2D eigenvalue weighted by molar-refractivity contribution is 7.19. The van der Waals surface area contributed by atoms with Crippen LogP contribution in [0.5, 0.6) is 0 Å². The largest absolute Gasteiger partial charge is 0.391 e. The Labute approximate surface area is 90.0 Å². The van der Waals surface area contributed by atoms with Crippen LogP contribution in [0.1, 0.15) is 10.4 Å². The zero-order valence-electron chi connectivity index (χ0n) is 7.12. The number of thiophene rings is 1. The molecule has 1 aromatic heterocycles. The van der Waals surface area contributed by atoms with Crippen LogP contribution in [0, 0.1) is 11.3 Å². The highest BCUT2D eigenvalue weighted by Crippen LogP contribution is 2.37. The van der Waals surface area contributed by atoms with Crippen molar-refractivity contribution in [3.8, 4) is 6.07 Å². The number of hydrogen-bond acceptors (Lipinski definition) is 3. The molecule has 1 aromatic carbocycles. The van der Waals surface area contributed by atoms with Gasteiger partial charge in [-0.15, -0.1) is 11.3 Å². The van der Waals surface area contributed by atoms with E-state index in [1.54, 1.807) is 6.07 Å². The Morgan fingerprint density at radius 1 is 1.50 bits per heavy atom. The van der Waals surface area contributed by atoms with Gasteiger partial charge in [0.1, 0.15) is 0 Å². The molecule has 2 aromatic rings. The van der Waals surface area contributed by atoms with Crippen LogP contribution < -0.4 is 0 Å². The van der Waals surface area contributed by atoms with Gasteiger partial charge in [-0.05, 0) is 12.1 Å². The number of nitriles is 1. The summed E-state index contributed by atoms with van der Waals surface area (Å²) in [7, 11) is 0. The average Bonchev–Trinajstić information content (AvgIpc) is 2.55. The molecule has 0 bridgehead atoms. The summed E-state index contributed by atoms with van der Waals surface area (Å²) in [4.78, 5) is 0.712. The minimum absolute atomic E-state index is 0.0803. The van der Waals surface area contributed by atoms with Crippen LogP contribution in [0.25, 0.3) is 10.1 Å². The maximum absolute atomic E-state index is 9.03. The second-order valence-corrected chi connectivity index (χ2v) is 4.30. The molecule has 0 saturated heterocycles. The molecular weight excluding hydrogens is 218 g/mol. The van der Waals surface area contributed by atoms with E-state index in [4.69, 9.17) is 22.0 Å². The lowest BCUT2D eigenvalue weighted by atomic mass is 10.1. The molecule has 2 nitrogen and oxygen atoms in total. The lowest BCUT2D eigenvalue weighted by molar-refractivity contribution is 0.285. The summed E-state index contributed by atoms with van der Waals surface area (Å²) in [6.07, 6.45) is 0. The fourth-order valence-electron chi connectivity index (χ4n) is 1.35. The lowest BCUT2D eigenvalue weighted by Crippen LogP contribution is -1.77. The van der Waals surface area contributed by atoms with Crippen molar-refractivity contribution in [2.45, 2.75) is 6.61 Å². The van der Waals surface area contributed by atoms with Gasteiger partial charge in [0.15, 0.2) is 0 Å². The molecule has 1 N–H and O–H groups in total. The first-order chi connectivity index (χ1) is 6.77. The van der Waals surface area contributed by atoms with E-state index >= 15 is 0 Å².